The molecular formula is C29H33N5O3. The second-order valence-electron chi connectivity index (χ2n) is 10.7. The number of carbonyl (C=O) groups excluding carboxylic acids is 2. The van der Waals surface area contributed by atoms with E-state index >= 15 is 0 Å². The van der Waals surface area contributed by atoms with Crippen molar-refractivity contribution in [3.63, 3.8) is 0 Å². The van der Waals surface area contributed by atoms with Crippen LogP contribution in [0.4, 0.5) is 5.82 Å². The third-order valence-electron chi connectivity index (χ3n) is 6.93. The summed E-state index contributed by atoms with van der Waals surface area (Å²) in [6, 6.07) is 11.5. The van der Waals surface area contributed by atoms with E-state index < -0.39 is 0 Å². The van der Waals surface area contributed by atoms with Gasteiger partial charge in [0.2, 0.25) is 5.91 Å². The first-order chi connectivity index (χ1) is 17.8. The smallest absolute Gasteiger partial charge is 0.251 e. The van der Waals surface area contributed by atoms with Crippen LogP contribution in [0.5, 0.6) is 5.75 Å². The van der Waals surface area contributed by atoms with Gasteiger partial charge in [0.15, 0.2) is 0 Å². The normalized spacial score (nSPS) is 16.9. The number of aromatic nitrogens is 2. The second-order valence-corrected chi connectivity index (χ2v) is 10.7. The average Bonchev–Trinajstić information content (AvgIpc) is 3.53. The maximum absolute atomic E-state index is 12.9. The highest BCUT2D eigenvalue weighted by Gasteiger charge is 2.36. The Labute approximate surface area is 217 Å². The lowest BCUT2D eigenvalue weighted by Gasteiger charge is -2.32. The largest absolute Gasteiger partial charge is 0.492 e. The highest BCUT2D eigenvalue weighted by atomic mass is 16.5. The minimum absolute atomic E-state index is 0.127. The SMILES string of the molecule is CC(C)(C)N1CC(CNC(=O)c2cccc(CNc3ncc(-c4ccncc4)c4c3CCO4)c2)CC1=O. The first-order valence-electron chi connectivity index (χ1n) is 12.8. The zero-order chi connectivity index (χ0) is 26.0. The van der Waals surface area contributed by atoms with Crippen molar-refractivity contribution in [2.75, 3.05) is 25.0 Å². The van der Waals surface area contributed by atoms with Crippen LogP contribution in [0, 0.1) is 5.92 Å². The van der Waals surface area contributed by atoms with Crippen LogP contribution in [0.1, 0.15) is 48.7 Å². The molecule has 8 heteroatoms. The Morgan fingerprint density at radius 3 is 2.76 bits per heavy atom. The first kappa shape index (κ1) is 24.7. The zero-order valence-corrected chi connectivity index (χ0v) is 21.6. The van der Waals surface area contributed by atoms with E-state index in [9.17, 15) is 9.59 Å². The molecular weight excluding hydrogens is 466 g/mol. The van der Waals surface area contributed by atoms with Gasteiger partial charge in [-0.3, -0.25) is 14.6 Å². The molecule has 37 heavy (non-hydrogen) atoms. The Hall–Kier alpha value is -3.94. The number of likely N-dealkylation sites (tertiary alicyclic amines) is 1. The standard InChI is InChI=1S/C29H33N5O3/c1-29(2,3)34-18-20(14-25(34)35)16-33-28(36)22-6-4-5-19(13-22)15-31-27-23-9-12-37-26(23)24(17-32-27)21-7-10-30-11-8-21/h4-8,10-11,13,17,20H,9,12,14-16,18H2,1-3H3,(H,31,32)(H,33,36). The van der Waals surface area contributed by atoms with Crippen LogP contribution in [-0.4, -0.2) is 51.9 Å². The molecule has 0 bridgehead atoms. The summed E-state index contributed by atoms with van der Waals surface area (Å²) in [6.45, 7) is 8.44. The van der Waals surface area contributed by atoms with Crippen molar-refractivity contribution in [3.05, 3.63) is 71.7 Å². The van der Waals surface area contributed by atoms with Crippen molar-refractivity contribution in [3.8, 4) is 16.9 Å². The first-order valence-corrected chi connectivity index (χ1v) is 12.8. The molecule has 0 aliphatic carbocycles. The summed E-state index contributed by atoms with van der Waals surface area (Å²) >= 11 is 0. The highest BCUT2D eigenvalue weighted by molar-refractivity contribution is 5.94. The van der Waals surface area contributed by atoms with Gasteiger partial charge in [0.1, 0.15) is 11.6 Å². The summed E-state index contributed by atoms with van der Waals surface area (Å²) in [5.41, 5.74) is 4.45. The number of nitrogens with one attached hydrogen (secondary N) is 2. The molecule has 1 saturated heterocycles. The third kappa shape index (κ3) is 5.43. The van der Waals surface area contributed by atoms with Crippen LogP contribution in [-0.2, 0) is 17.8 Å². The van der Waals surface area contributed by atoms with E-state index in [2.05, 4.69) is 20.6 Å². The fourth-order valence-electron chi connectivity index (χ4n) is 4.99. The lowest BCUT2D eigenvalue weighted by molar-refractivity contribution is -0.131. The molecule has 0 spiro atoms. The number of nitrogens with zero attached hydrogens (tertiary/aromatic N) is 3. The van der Waals surface area contributed by atoms with E-state index in [1.807, 2.05) is 68.3 Å². The van der Waals surface area contributed by atoms with Crippen LogP contribution in [0.3, 0.4) is 0 Å². The quantitative estimate of drug-likeness (QED) is 0.509. The van der Waals surface area contributed by atoms with Gasteiger partial charge in [0, 0.05) is 79.2 Å². The summed E-state index contributed by atoms with van der Waals surface area (Å²) in [5.74, 6) is 1.82. The van der Waals surface area contributed by atoms with Gasteiger partial charge in [-0.2, -0.15) is 0 Å². The number of amides is 2. The van der Waals surface area contributed by atoms with Gasteiger partial charge in [-0.15, -0.1) is 0 Å². The van der Waals surface area contributed by atoms with Crippen molar-refractivity contribution in [2.45, 2.75) is 45.7 Å². The number of ether oxygens (including phenoxy) is 1. The number of rotatable bonds is 7. The molecule has 192 valence electrons. The summed E-state index contributed by atoms with van der Waals surface area (Å²) in [4.78, 5) is 35.9. The molecule has 0 saturated carbocycles. The van der Waals surface area contributed by atoms with Gasteiger partial charge >= 0.3 is 0 Å². The molecule has 0 radical (unpaired) electrons. The van der Waals surface area contributed by atoms with Gasteiger partial charge in [-0.1, -0.05) is 12.1 Å². The van der Waals surface area contributed by atoms with E-state index in [0.29, 0.717) is 38.2 Å². The average molecular weight is 500 g/mol. The Kier molecular flexibility index (Phi) is 6.82. The number of pyridine rings is 2. The van der Waals surface area contributed by atoms with Gasteiger partial charge in [0.25, 0.3) is 5.91 Å². The predicted molar refractivity (Wildman–Crippen MR) is 142 cm³/mol. The fourth-order valence-corrected chi connectivity index (χ4v) is 4.99. The third-order valence-corrected chi connectivity index (χ3v) is 6.93. The number of fused-ring (bicyclic) bond motifs is 1. The van der Waals surface area contributed by atoms with Crippen LogP contribution in [0.25, 0.3) is 11.1 Å². The van der Waals surface area contributed by atoms with Crippen molar-refractivity contribution < 1.29 is 14.3 Å². The molecule has 1 fully saturated rings. The Balaban J connectivity index is 1.21. The van der Waals surface area contributed by atoms with Crippen molar-refractivity contribution in [1.29, 1.82) is 0 Å². The number of hydrogen-bond acceptors (Lipinski definition) is 6. The minimum atomic E-state index is -0.197. The number of hydrogen-bond donors (Lipinski definition) is 2. The molecule has 2 N–H and O–H groups in total. The van der Waals surface area contributed by atoms with E-state index in [1.165, 1.54) is 0 Å². The lowest BCUT2D eigenvalue weighted by Crippen LogP contribution is -2.42. The predicted octanol–water partition coefficient (Wildman–Crippen LogP) is 4.07. The molecule has 2 aliphatic heterocycles. The van der Waals surface area contributed by atoms with Crippen LogP contribution < -0.4 is 15.4 Å². The van der Waals surface area contributed by atoms with Crippen molar-refractivity contribution >= 4 is 17.6 Å². The highest BCUT2D eigenvalue weighted by Crippen LogP contribution is 2.39. The van der Waals surface area contributed by atoms with Crippen LogP contribution in [0.2, 0.25) is 0 Å². The number of anilines is 1. The van der Waals surface area contributed by atoms with Crippen molar-refractivity contribution in [1.82, 2.24) is 20.2 Å². The maximum atomic E-state index is 12.9. The molecule has 4 heterocycles. The summed E-state index contributed by atoms with van der Waals surface area (Å²) < 4.78 is 5.95. The molecule has 3 aromatic rings. The van der Waals surface area contributed by atoms with E-state index in [-0.39, 0.29) is 23.3 Å². The molecule has 8 nitrogen and oxygen atoms in total. The molecule has 1 unspecified atom stereocenters. The van der Waals surface area contributed by atoms with Crippen LogP contribution in [0.15, 0.2) is 55.0 Å². The number of carbonyl (C=O) groups is 2. The Morgan fingerprint density at radius 1 is 1.19 bits per heavy atom. The summed E-state index contributed by atoms with van der Waals surface area (Å²) in [7, 11) is 0. The molecule has 5 rings (SSSR count). The molecule has 2 aliphatic rings. The van der Waals surface area contributed by atoms with E-state index in [4.69, 9.17) is 4.74 Å². The Morgan fingerprint density at radius 2 is 2.00 bits per heavy atom. The monoisotopic (exact) mass is 499 g/mol. The molecule has 2 aromatic heterocycles. The summed E-state index contributed by atoms with van der Waals surface area (Å²) in [6.07, 6.45) is 6.63. The van der Waals surface area contributed by atoms with E-state index in [0.717, 1.165) is 40.2 Å². The van der Waals surface area contributed by atoms with Gasteiger partial charge in [0.05, 0.1) is 6.61 Å². The zero-order valence-electron chi connectivity index (χ0n) is 21.6. The summed E-state index contributed by atoms with van der Waals surface area (Å²) in [5, 5.41) is 6.45. The molecule has 2 amide bonds. The second kappa shape index (κ2) is 10.2. The molecule has 1 atom stereocenters. The maximum Gasteiger partial charge on any atom is 0.251 e. The Bertz CT molecular complexity index is 1300. The fraction of sp³-hybridized carbons (Fsp3) is 0.379. The number of benzene rings is 1. The molecule has 1 aromatic carbocycles. The van der Waals surface area contributed by atoms with Crippen molar-refractivity contribution in [2.24, 2.45) is 5.92 Å². The van der Waals surface area contributed by atoms with Gasteiger partial charge in [-0.25, -0.2) is 4.98 Å². The topological polar surface area (TPSA) is 96.5 Å². The van der Waals surface area contributed by atoms with Gasteiger partial charge in [-0.05, 0) is 56.2 Å². The van der Waals surface area contributed by atoms with Gasteiger partial charge < -0.3 is 20.3 Å². The van der Waals surface area contributed by atoms with E-state index in [1.54, 1.807) is 12.4 Å². The minimum Gasteiger partial charge on any atom is -0.492 e. The van der Waals surface area contributed by atoms with Crippen LogP contribution >= 0.6 is 0 Å². The lowest BCUT2D eigenvalue weighted by atomic mass is 10.0.